The predicted molar refractivity (Wildman–Crippen MR) is 149 cm³/mol. The molecule has 12 heteroatoms. The van der Waals surface area contributed by atoms with Crippen LogP contribution in [0.2, 0.25) is 0 Å². The summed E-state index contributed by atoms with van der Waals surface area (Å²) in [6.07, 6.45) is -0.987. The minimum atomic E-state index is -4.60. The summed E-state index contributed by atoms with van der Waals surface area (Å²) in [5, 5.41) is 26.6. The lowest BCUT2D eigenvalue weighted by Crippen LogP contribution is -2.44. The number of aromatic nitrogens is 3. The fourth-order valence-electron chi connectivity index (χ4n) is 5.35. The molecule has 1 aliphatic carbocycles. The number of aryl methyl sites for hydroxylation is 1. The fraction of sp³-hybridized carbons (Fsp3) is 0.357. The first-order valence-electron chi connectivity index (χ1n) is 12.5. The minimum absolute atomic E-state index is 0.183. The van der Waals surface area contributed by atoms with Crippen LogP contribution in [-0.2, 0) is 16.6 Å². The monoisotopic (exact) mass is 588 g/mol. The highest BCUT2D eigenvalue weighted by Crippen LogP contribution is 2.51. The van der Waals surface area contributed by atoms with Gasteiger partial charge in [-0.3, -0.25) is 4.79 Å². The van der Waals surface area contributed by atoms with Gasteiger partial charge in [0.2, 0.25) is 5.95 Å². The number of carboxylic acid groups (broad SMARTS) is 1. The molecule has 1 saturated carbocycles. The second-order valence-electron chi connectivity index (χ2n) is 10.8. The van der Waals surface area contributed by atoms with E-state index in [1.54, 1.807) is 23.6 Å². The first-order valence-corrected chi connectivity index (χ1v) is 14.2. The van der Waals surface area contributed by atoms with Crippen LogP contribution in [0.15, 0.2) is 48.1 Å². The molecule has 3 heterocycles. The Kier molecular flexibility index (Phi) is 7.22. The van der Waals surface area contributed by atoms with Gasteiger partial charge in [0.25, 0.3) is 0 Å². The zero-order chi connectivity index (χ0) is 28.9. The van der Waals surface area contributed by atoms with Crippen LogP contribution < -0.4 is 5.32 Å². The number of benzene rings is 1. The van der Waals surface area contributed by atoms with Gasteiger partial charge in [-0.2, -0.15) is 13.2 Å². The smallest absolute Gasteiger partial charge is 0.433 e. The minimum Gasteiger partial charge on any atom is -0.481 e. The molecular weight excluding hydrogens is 561 g/mol. The average molecular weight is 589 g/mol. The van der Waals surface area contributed by atoms with Crippen molar-refractivity contribution in [1.82, 2.24) is 15.0 Å². The van der Waals surface area contributed by atoms with Gasteiger partial charge in [0.1, 0.15) is 16.3 Å². The van der Waals surface area contributed by atoms with Crippen molar-refractivity contribution in [3.05, 3.63) is 64.4 Å². The molecule has 2 atom stereocenters. The van der Waals surface area contributed by atoms with Gasteiger partial charge in [-0.1, -0.05) is 13.8 Å². The van der Waals surface area contributed by atoms with Crippen LogP contribution in [-0.4, -0.2) is 31.1 Å². The van der Waals surface area contributed by atoms with Crippen molar-refractivity contribution < 1.29 is 28.2 Å². The number of thiophene rings is 1. The van der Waals surface area contributed by atoms with E-state index < -0.39 is 34.8 Å². The number of rotatable bonds is 6. The topological polar surface area (TPSA) is 108 Å². The standard InChI is InChI=1S/C28H27F3N4O3S2/c1-15-6-9-39-22(15)17-10-16(11-18(12-17)34-25-32-8-5-21(35-25)28(29,30)31)20-13-33-24(40-20)27(38)7-4-19(23(36)37)26(2,3)14-27/h5-6,8-13,19,38H,4,7,14H2,1-3H3,(H,36,37)(H,32,34,35). The number of nitrogens with zero attached hydrogens (tertiary/aromatic N) is 3. The van der Waals surface area contributed by atoms with Crippen LogP contribution >= 0.6 is 22.7 Å². The Bertz CT molecular complexity index is 1570. The number of carboxylic acids is 1. The third-order valence-corrected chi connectivity index (χ3v) is 9.59. The third-order valence-electron chi connectivity index (χ3n) is 7.28. The number of carbonyl (C=O) groups is 1. The first kappa shape index (κ1) is 28.2. The Balaban J connectivity index is 1.51. The van der Waals surface area contributed by atoms with Crippen molar-refractivity contribution in [2.24, 2.45) is 11.3 Å². The molecule has 0 amide bonds. The molecule has 1 aliphatic rings. The molecule has 2 unspecified atom stereocenters. The normalized spacial score (nSPS) is 20.8. The Hall–Kier alpha value is -3.35. The highest BCUT2D eigenvalue weighted by atomic mass is 32.1. The molecule has 0 radical (unpaired) electrons. The molecule has 0 aliphatic heterocycles. The molecule has 1 fully saturated rings. The number of anilines is 2. The van der Waals surface area contributed by atoms with Crippen molar-refractivity contribution in [1.29, 1.82) is 0 Å². The molecule has 7 nitrogen and oxygen atoms in total. The molecule has 40 heavy (non-hydrogen) atoms. The summed E-state index contributed by atoms with van der Waals surface area (Å²) in [6.45, 7) is 5.69. The lowest BCUT2D eigenvalue weighted by atomic mass is 9.63. The number of nitrogens with one attached hydrogen (secondary N) is 1. The maximum absolute atomic E-state index is 13.2. The highest BCUT2D eigenvalue weighted by molar-refractivity contribution is 7.15. The molecule has 5 rings (SSSR count). The Morgan fingerprint density at radius 3 is 2.55 bits per heavy atom. The molecule has 3 N–H and O–H groups in total. The molecule has 0 saturated heterocycles. The van der Waals surface area contributed by atoms with Crippen molar-refractivity contribution in [2.75, 3.05) is 5.32 Å². The van der Waals surface area contributed by atoms with Crippen LogP contribution in [0.3, 0.4) is 0 Å². The quantitative estimate of drug-likeness (QED) is 0.214. The van der Waals surface area contributed by atoms with Crippen molar-refractivity contribution in [2.45, 2.75) is 51.8 Å². The summed E-state index contributed by atoms with van der Waals surface area (Å²) in [5.41, 5.74) is 0.242. The maximum Gasteiger partial charge on any atom is 0.433 e. The van der Waals surface area contributed by atoms with E-state index in [2.05, 4.69) is 20.3 Å². The van der Waals surface area contributed by atoms with E-state index in [4.69, 9.17) is 0 Å². The number of aliphatic carboxylic acids is 1. The van der Waals surface area contributed by atoms with E-state index >= 15 is 0 Å². The van der Waals surface area contributed by atoms with Gasteiger partial charge in [0.15, 0.2) is 0 Å². The lowest BCUT2D eigenvalue weighted by molar-refractivity contribution is -0.154. The molecule has 210 valence electrons. The van der Waals surface area contributed by atoms with Gasteiger partial charge in [0, 0.05) is 23.0 Å². The van der Waals surface area contributed by atoms with Crippen LogP contribution in [0.1, 0.15) is 49.4 Å². The summed E-state index contributed by atoms with van der Waals surface area (Å²) in [6, 6.07) is 8.39. The number of aliphatic hydroxyl groups is 1. The molecule has 0 spiro atoms. The van der Waals surface area contributed by atoms with Crippen LogP contribution in [0, 0.1) is 18.3 Å². The second kappa shape index (κ2) is 10.2. The summed E-state index contributed by atoms with van der Waals surface area (Å²) in [7, 11) is 0. The summed E-state index contributed by atoms with van der Waals surface area (Å²) in [5.74, 6) is -1.60. The number of alkyl halides is 3. The second-order valence-corrected chi connectivity index (χ2v) is 12.7. The van der Waals surface area contributed by atoms with E-state index in [0.717, 1.165) is 38.7 Å². The first-order chi connectivity index (χ1) is 18.7. The number of hydrogen-bond donors (Lipinski definition) is 3. The van der Waals surface area contributed by atoms with Crippen molar-refractivity contribution >= 4 is 40.3 Å². The maximum atomic E-state index is 13.2. The van der Waals surface area contributed by atoms with Crippen molar-refractivity contribution in [3.8, 4) is 20.9 Å². The van der Waals surface area contributed by atoms with Crippen LogP contribution in [0.25, 0.3) is 20.9 Å². The van der Waals surface area contributed by atoms with E-state index in [0.29, 0.717) is 17.1 Å². The van der Waals surface area contributed by atoms with Crippen molar-refractivity contribution in [3.63, 3.8) is 0 Å². The van der Waals surface area contributed by atoms with E-state index in [-0.39, 0.29) is 18.8 Å². The molecule has 4 aromatic rings. The molecule has 0 bridgehead atoms. The van der Waals surface area contributed by atoms with Crippen LogP contribution in [0.5, 0.6) is 0 Å². The summed E-state index contributed by atoms with van der Waals surface area (Å²) < 4.78 is 39.6. The van der Waals surface area contributed by atoms with Gasteiger partial charge in [-0.15, -0.1) is 22.7 Å². The zero-order valence-corrected chi connectivity index (χ0v) is 23.5. The van der Waals surface area contributed by atoms with Gasteiger partial charge < -0.3 is 15.5 Å². The summed E-state index contributed by atoms with van der Waals surface area (Å²) >= 11 is 2.87. The predicted octanol–water partition coefficient (Wildman–Crippen LogP) is 7.50. The Morgan fingerprint density at radius 2 is 1.90 bits per heavy atom. The van der Waals surface area contributed by atoms with Gasteiger partial charge in [0.05, 0.1) is 10.8 Å². The largest absolute Gasteiger partial charge is 0.481 e. The third kappa shape index (κ3) is 5.61. The fourth-order valence-corrected chi connectivity index (χ4v) is 7.28. The lowest BCUT2D eigenvalue weighted by Gasteiger charge is -2.44. The van der Waals surface area contributed by atoms with Gasteiger partial charge in [-0.25, -0.2) is 15.0 Å². The molecular formula is C28H27F3N4O3S2. The number of halogens is 3. The Morgan fingerprint density at radius 1 is 1.15 bits per heavy atom. The van der Waals surface area contributed by atoms with Gasteiger partial charge in [-0.05, 0) is 84.0 Å². The van der Waals surface area contributed by atoms with E-state index in [1.165, 1.54) is 11.3 Å². The SMILES string of the molecule is Cc1ccsc1-c1cc(Nc2nccc(C(F)(F)F)n2)cc(-c2cnc(C3(O)CCC(C(=O)O)C(C)(C)C3)s2)c1. The number of thiazole rings is 1. The molecule has 1 aromatic carbocycles. The van der Waals surface area contributed by atoms with E-state index in [9.17, 15) is 28.2 Å². The highest BCUT2D eigenvalue weighted by Gasteiger charge is 2.49. The average Bonchev–Trinajstić information content (AvgIpc) is 3.52. The van der Waals surface area contributed by atoms with Gasteiger partial charge >= 0.3 is 12.1 Å². The van der Waals surface area contributed by atoms with E-state index in [1.807, 2.05) is 44.4 Å². The Labute approximate surface area is 236 Å². The van der Waals surface area contributed by atoms with Crippen LogP contribution in [0.4, 0.5) is 24.8 Å². The molecule has 3 aromatic heterocycles. The zero-order valence-electron chi connectivity index (χ0n) is 21.9. The summed E-state index contributed by atoms with van der Waals surface area (Å²) in [4.78, 5) is 25.6. The number of hydrogen-bond acceptors (Lipinski definition) is 8.